The highest BCUT2D eigenvalue weighted by molar-refractivity contribution is 5.39. The molecule has 0 bridgehead atoms. The Morgan fingerprint density at radius 3 is 1.80 bits per heavy atom. The van der Waals surface area contributed by atoms with E-state index in [9.17, 15) is 0 Å². The van der Waals surface area contributed by atoms with Gasteiger partial charge >= 0.3 is 0 Å². The van der Waals surface area contributed by atoms with Crippen LogP contribution in [0.4, 0.5) is 5.69 Å². The third-order valence-electron chi connectivity index (χ3n) is 2.38. The Morgan fingerprint density at radius 2 is 1.60 bits per heavy atom. The molecule has 2 heteroatoms. The highest BCUT2D eigenvalue weighted by Gasteiger charge is 1.89. The van der Waals surface area contributed by atoms with Crippen LogP contribution >= 0.6 is 0 Å². The Morgan fingerprint density at radius 1 is 1.07 bits per heavy atom. The Labute approximate surface area is 94.1 Å². The molecule has 1 aromatic carbocycles. The fraction of sp³-hybridized carbons (Fsp3) is 0.538. The van der Waals surface area contributed by atoms with Crippen LogP contribution in [0.3, 0.4) is 0 Å². The molecule has 15 heavy (non-hydrogen) atoms. The first-order valence-electron chi connectivity index (χ1n) is 5.68. The first-order chi connectivity index (χ1) is 7.13. The predicted molar refractivity (Wildman–Crippen MR) is 69.1 cm³/mol. The standard InChI is InChI=1S/C7H9N.C6H15N/c1-6-3-2-4-7(8)5-6;1-4-7(5-2)6-3/h2-5H,8H2,1H3;4-6H2,1-3H3. The van der Waals surface area contributed by atoms with Crippen LogP contribution < -0.4 is 5.73 Å². The van der Waals surface area contributed by atoms with E-state index in [0.29, 0.717) is 0 Å². The van der Waals surface area contributed by atoms with Gasteiger partial charge in [-0.2, -0.15) is 0 Å². The molecule has 2 N–H and O–H groups in total. The molecular weight excluding hydrogens is 184 g/mol. The molecular formula is C13H24N2. The average Bonchev–Trinajstić information content (AvgIpc) is 2.21. The van der Waals surface area contributed by atoms with E-state index in [4.69, 9.17) is 5.73 Å². The van der Waals surface area contributed by atoms with Crippen molar-refractivity contribution in [1.29, 1.82) is 0 Å². The third-order valence-corrected chi connectivity index (χ3v) is 2.38. The molecule has 0 heterocycles. The molecule has 0 aliphatic carbocycles. The summed E-state index contributed by atoms with van der Waals surface area (Å²) >= 11 is 0. The fourth-order valence-corrected chi connectivity index (χ4v) is 1.34. The molecule has 0 radical (unpaired) electrons. The zero-order valence-electron chi connectivity index (χ0n) is 10.5. The van der Waals surface area contributed by atoms with Crippen LogP contribution in [-0.4, -0.2) is 24.5 Å². The predicted octanol–water partition coefficient (Wildman–Crippen LogP) is 2.93. The van der Waals surface area contributed by atoms with E-state index in [2.05, 4.69) is 25.7 Å². The lowest BCUT2D eigenvalue weighted by atomic mass is 10.2. The van der Waals surface area contributed by atoms with Gasteiger partial charge in [-0.05, 0) is 44.3 Å². The number of hydrogen-bond acceptors (Lipinski definition) is 2. The zero-order valence-corrected chi connectivity index (χ0v) is 10.5. The van der Waals surface area contributed by atoms with E-state index in [1.165, 1.54) is 25.2 Å². The number of anilines is 1. The van der Waals surface area contributed by atoms with Gasteiger partial charge in [-0.25, -0.2) is 0 Å². The van der Waals surface area contributed by atoms with Gasteiger partial charge in [0.05, 0.1) is 0 Å². The van der Waals surface area contributed by atoms with Gasteiger partial charge in [-0.3, -0.25) is 0 Å². The first-order valence-corrected chi connectivity index (χ1v) is 5.68. The molecule has 0 aromatic heterocycles. The van der Waals surface area contributed by atoms with Crippen LogP contribution in [0, 0.1) is 6.92 Å². The molecule has 0 atom stereocenters. The van der Waals surface area contributed by atoms with Crippen molar-refractivity contribution in [2.45, 2.75) is 27.7 Å². The molecule has 0 saturated heterocycles. The summed E-state index contributed by atoms with van der Waals surface area (Å²) in [6.45, 7) is 12.1. The maximum atomic E-state index is 5.46. The number of aryl methyl sites for hydroxylation is 1. The molecule has 2 nitrogen and oxygen atoms in total. The van der Waals surface area contributed by atoms with E-state index in [1.807, 2.05) is 31.2 Å². The van der Waals surface area contributed by atoms with Crippen molar-refractivity contribution >= 4 is 5.69 Å². The third kappa shape index (κ3) is 6.97. The lowest BCUT2D eigenvalue weighted by Crippen LogP contribution is -2.21. The quantitative estimate of drug-likeness (QED) is 0.774. The van der Waals surface area contributed by atoms with Crippen LogP contribution in [0.1, 0.15) is 26.3 Å². The summed E-state index contributed by atoms with van der Waals surface area (Å²) in [5, 5.41) is 0. The summed E-state index contributed by atoms with van der Waals surface area (Å²) in [7, 11) is 0. The second kappa shape index (κ2) is 8.30. The van der Waals surface area contributed by atoms with E-state index in [-0.39, 0.29) is 0 Å². The van der Waals surface area contributed by atoms with Crippen molar-refractivity contribution in [2.24, 2.45) is 0 Å². The Kier molecular flexibility index (Phi) is 7.74. The minimum absolute atomic E-state index is 0.838. The van der Waals surface area contributed by atoms with Gasteiger partial charge in [-0.1, -0.05) is 32.9 Å². The largest absolute Gasteiger partial charge is 0.399 e. The monoisotopic (exact) mass is 208 g/mol. The Balaban J connectivity index is 0.000000265. The summed E-state index contributed by atoms with van der Waals surface area (Å²) in [4.78, 5) is 2.38. The lowest BCUT2D eigenvalue weighted by Gasteiger charge is -2.13. The number of rotatable bonds is 3. The van der Waals surface area contributed by atoms with Crippen LogP contribution in [0.2, 0.25) is 0 Å². The number of nitrogens with two attached hydrogens (primary N) is 1. The Bertz CT molecular complexity index is 232. The molecule has 0 unspecified atom stereocenters. The summed E-state index contributed by atoms with van der Waals surface area (Å²) < 4.78 is 0. The van der Waals surface area contributed by atoms with Crippen molar-refractivity contribution in [3.63, 3.8) is 0 Å². The number of hydrogen-bond donors (Lipinski definition) is 1. The normalized spacial score (nSPS) is 9.67. The Hall–Kier alpha value is -1.02. The van der Waals surface area contributed by atoms with Crippen LogP contribution in [0.15, 0.2) is 24.3 Å². The SMILES string of the molecule is CCN(CC)CC.Cc1cccc(N)c1. The summed E-state index contributed by atoms with van der Waals surface area (Å²) in [5.74, 6) is 0. The van der Waals surface area contributed by atoms with E-state index in [1.54, 1.807) is 0 Å². The highest BCUT2D eigenvalue weighted by atomic mass is 15.1. The average molecular weight is 208 g/mol. The molecule has 0 fully saturated rings. The van der Waals surface area contributed by atoms with Gasteiger partial charge in [0.25, 0.3) is 0 Å². The molecule has 0 saturated carbocycles. The first kappa shape index (κ1) is 14.0. The van der Waals surface area contributed by atoms with E-state index >= 15 is 0 Å². The smallest absolute Gasteiger partial charge is 0.0316 e. The molecule has 1 aromatic rings. The molecule has 0 spiro atoms. The van der Waals surface area contributed by atoms with Crippen molar-refractivity contribution in [3.05, 3.63) is 29.8 Å². The molecule has 0 aliphatic heterocycles. The van der Waals surface area contributed by atoms with Crippen molar-refractivity contribution in [1.82, 2.24) is 4.90 Å². The van der Waals surface area contributed by atoms with Gasteiger partial charge < -0.3 is 10.6 Å². The minimum Gasteiger partial charge on any atom is -0.399 e. The van der Waals surface area contributed by atoms with Crippen LogP contribution in [-0.2, 0) is 0 Å². The van der Waals surface area contributed by atoms with Crippen molar-refractivity contribution in [3.8, 4) is 0 Å². The van der Waals surface area contributed by atoms with Crippen molar-refractivity contribution < 1.29 is 0 Å². The van der Waals surface area contributed by atoms with Gasteiger partial charge in [0.1, 0.15) is 0 Å². The summed E-state index contributed by atoms with van der Waals surface area (Å²) in [6, 6.07) is 7.80. The topological polar surface area (TPSA) is 29.3 Å². The maximum absolute atomic E-state index is 5.46. The molecule has 86 valence electrons. The molecule has 0 amide bonds. The molecule has 1 rings (SSSR count). The van der Waals surface area contributed by atoms with Gasteiger partial charge in [0, 0.05) is 5.69 Å². The zero-order chi connectivity index (χ0) is 11.7. The van der Waals surface area contributed by atoms with E-state index < -0.39 is 0 Å². The fourth-order valence-electron chi connectivity index (χ4n) is 1.34. The summed E-state index contributed by atoms with van der Waals surface area (Å²) in [5.41, 5.74) is 7.51. The lowest BCUT2D eigenvalue weighted by molar-refractivity contribution is 0.321. The van der Waals surface area contributed by atoms with Gasteiger partial charge in [0.2, 0.25) is 0 Å². The number of benzene rings is 1. The maximum Gasteiger partial charge on any atom is 0.0316 e. The molecule has 0 aliphatic rings. The van der Waals surface area contributed by atoms with Gasteiger partial charge in [0.15, 0.2) is 0 Å². The second-order valence-corrected chi connectivity index (χ2v) is 3.53. The number of nitrogens with zero attached hydrogens (tertiary/aromatic N) is 1. The second-order valence-electron chi connectivity index (χ2n) is 3.53. The van der Waals surface area contributed by atoms with Crippen LogP contribution in [0.5, 0.6) is 0 Å². The van der Waals surface area contributed by atoms with Gasteiger partial charge in [-0.15, -0.1) is 0 Å². The highest BCUT2D eigenvalue weighted by Crippen LogP contribution is 2.03. The minimum atomic E-state index is 0.838. The number of nitrogen functional groups attached to an aromatic ring is 1. The van der Waals surface area contributed by atoms with E-state index in [0.717, 1.165) is 5.69 Å². The summed E-state index contributed by atoms with van der Waals surface area (Å²) in [6.07, 6.45) is 0. The van der Waals surface area contributed by atoms with Crippen molar-refractivity contribution in [2.75, 3.05) is 25.4 Å². The van der Waals surface area contributed by atoms with Crippen LogP contribution in [0.25, 0.3) is 0 Å².